The summed E-state index contributed by atoms with van der Waals surface area (Å²) in [5, 5.41) is 31.4. The van der Waals surface area contributed by atoms with Crippen molar-refractivity contribution in [2.75, 3.05) is 19.7 Å². The van der Waals surface area contributed by atoms with Gasteiger partial charge in [0.1, 0.15) is 18.0 Å². The van der Waals surface area contributed by atoms with Crippen LogP contribution in [0.25, 0.3) is 0 Å². The van der Waals surface area contributed by atoms with E-state index in [1.54, 1.807) is 17.0 Å². The van der Waals surface area contributed by atoms with Crippen molar-refractivity contribution in [1.29, 1.82) is 0 Å². The maximum absolute atomic E-state index is 11.5. The highest BCUT2D eigenvalue weighted by molar-refractivity contribution is 6.31. The van der Waals surface area contributed by atoms with Crippen LogP contribution >= 0.6 is 11.6 Å². The number of hydrogen-bond acceptors (Lipinski definition) is 6. The average molecular weight is 435 g/mol. The first-order valence-electron chi connectivity index (χ1n) is 9.86. The smallest absolute Gasteiger partial charge is 0.231 e. The summed E-state index contributed by atoms with van der Waals surface area (Å²) in [5.41, 5.74) is 7.89. The number of halogens is 1. The van der Waals surface area contributed by atoms with Crippen LogP contribution in [0.1, 0.15) is 29.7 Å². The molecule has 1 saturated heterocycles. The molecule has 0 aliphatic carbocycles. The number of hydrogen-bond donors (Lipinski definition) is 4. The number of β-amino-alcohol motifs (C(OH)–C–C–N with tert-alkyl or cyclic N) is 1. The first-order chi connectivity index (χ1) is 14.3. The second kappa shape index (κ2) is 9.76. The number of aliphatic hydroxyl groups excluding tert-OH is 3. The molecule has 2 aromatic carbocycles. The molecule has 1 amide bonds. The van der Waals surface area contributed by atoms with E-state index in [2.05, 4.69) is 0 Å². The van der Waals surface area contributed by atoms with Crippen LogP contribution in [0.5, 0.6) is 5.75 Å². The lowest BCUT2D eigenvalue weighted by molar-refractivity contribution is -0.145. The summed E-state index contributed by atoms with van der Waals surface area (Å²) in [6, 6.07) is 12.3. The Hall–Kier alpha value is -2.16. The molecule has 4 atom stereocenters. The number of ether oxygens (including phenoxy) is 1. The second-order valence-electron chi connectivity index (χ2n) is 7.49. The van der Waals surface area contributed by atoms with Gasteiger partial charge in [0.2, 0.25) is 5.91 Å². The normalized spacial score (nSPS) is 24.6. The Morgan fingerprint density at radius 2 is 1.87 bits per heavy atom. The molecule has 1 heterocycles. The molecular formula is C22H27ClN2O5. The quantitative estimate of drug-likeness (QED) is 0.521. The third-order valence-corrected chi connectivity index (χ3v) is 5.65. The van der Waals surface area contributed by atoms with Crippen LogP contribution in [0.2, 0.25) is 5.02 Å². The van der Waals surface area contributed by atoms with Crippen LogP contribution < -0.4 is 10.5 Å². The number of nitrogens with two attached hydrogens (primary N) is 1. The van der Waals surface area contributed by atoms with Crippen molar-refractivity contribution in [2.45, 2.75) is 37.7 Å². The van der Waals surface area contributed by atoms with Gasteiger partial charge in [0.25, 0.3) is 0 Å². The summed E-state index contributed by atoms with van der Waals surface area (Å²) in [4.78, 5) is 13.1. The van der Waals surface area contributed by atoms with E-state index < -0.39 is 30.3 Å². The SMILES string of the molecule is CCOc1ccc(Cc2cc([C@@H]3[C@@H](O)[C@H](O)[C@H](O)CN3CC(N)=O)ccc2Cl)cc1. The van der Waals surface area contributed by atoms with Crippen molar-refractivity contribution < 1.29 is 24.9 Å². The molecule has 7 nitrogen and oxygen atoms in total. The molecule has 162 valence electrons. The molecule has 1 aliphatic rings. The van der Waals surface area contributed by atoms with Gasteiger partial charge in [-0.25, -0.2) is 0 Å². The molecule has 0 saturated carbocycles. The molecule has 1 aliphatic heterocycles. The molecule has 8 heteroatoms. The first kappa shape index (κ1) is 22.5. The van der Waals surface area contributed by atoms with Crippen molar-refractivity contribution in [3.8, 4) is 5.75 Å². The third kappa shape index (κ3) is 5.11. The Balaban J connectivity index is 1.88. The van der Waals surface area contributed by atoms with Crippen LogP contribution in [0, 0.1) is 0 Å². The van der Waals surface area contributed by atoms with Crippen molar-refractivity contribution in [1.82, 2.24) is 4.90 Å². The minimum atomic E-state index is -1.33. The summed E-state index contributed by atoms with van der Waals surface area (Å²) in [7, 11) is 0. The molecule has 30 heavy (non-hydrogen) atoms. The molecule has 1 fully saturated rings. The second-order valence-corrected chi connectivity index (χ2v) is 7.90. The van der Waals surface area contributed by atoms with Crippen molar-refractivity contribution in [3.63, 3.8) is 0 Å². The minimum absolute atomic E-state index is 0.0166. The Morgan fingerprint density at radius 1 is 1.17 bits per heavy atom. The van der Waals surface area contributed by atoms with Gasteiger partial charge in [0, 0.05) is 11.6 Å². The van der Waals surface area contributed by atoms with Gasteiger partial charge in [-0.15, -0.1) is 0 Å². The number of aliphatic hydroxyl groups is 3. The van der Waals surface area contributed by atoms with Crippen molar-refractivity contribution in [2.24, 2.45) is 5.73 Å². The first-order valence-corrected chi connectivity index (χ1v) is 10.2. The zero-order chi connectivity index (χ0) is 21.8. The van der Waals surface area contributed by atoms with Gasteiger partial charge in [0.15, 0.2) is 0 Å². The van der Waals surface area contributed by atoms with Gasteiger partial charge in [0.05, 0.1) is 25.3 Å². The van der Waals surface area contributed by atoms with Gasteiger partial charge >= 0.3 is 0 Å². The third-order valence-electron chi connectivity index (χ3n) is 5.28. The number of primary amides is 1. The van der Waals surface area contributed by atoms with Gasteiger partial charge in [-0.2, -0.15) is 0 Å². The van der Waals surface area contributed by atoms with E-state index in [-0.39, 0.29) is 13.1 Å². The Bertz CT molecular complexity index is 876. The van der Waals surface area contributed by atoms with E-state index in [9.17, 15) is 20.1 Å². The zero-order valence-corrected chi connectivity index (χ0v) is 17.5. The molecule has 3 rings (SSSR count). The highest BCUT2D eigenvalue weighted by Gasteiger charge is 2.42. The van der Waals surface area contributed by atoms with Crippen LogP contribution in [0.3, 0.4) is 0 Å². The molecule has 5 N–H and O–H groups in total. The zero-order valence-electron chi connectivity index (χ0n) is 16.7. The lowest BCUT2D eigenvalue weighted by atomic mass is 9.87. The fourth-order valence-corrected chi connectivity index (χ4v) is 4.05. The molecular weight excluding hydrogens is 408 g/mol. The molecule has 2 aromatic rings. The summed E-state index contributed by atoms with van der Waals surface area (Å²) in [6.45, 7) is 2.39. The number of carbonyl (C=O) groups excluding carboxylic acids is 1. The van der Waals surface area contributed by atoms with Crippen molar-refractivity contribution >= 4 is 17.5 Å². The average Bonchev–Trinajstić information content (AvgIpc) is 2.70. The fraction of sp³-hybridized carbons (Fsp3) is 0.409. The minimum Gasteiger partial charge on any atom is -0.494 e. The van der Waals surface area contributed by atoms with Crippen LogP contribution in [0.4, 0.5) is 0 Å². The number of carbonyl (C=O) groups is 1. The molecule has 0 unspecified atom stereocenters. The predicted octanol–water partition coefficient (Wildman–Crippen LogP) is 1.25. The lowest BCUT2D eigenvalue weighted by Crippen LogP contribution is -2.58. The maximum Gasteiger partial charge on any atom is 0.231 e. The molecule has 0 spiro atoms. The van der Waals surface area contributed by atoms with Gasteiger partial charge in [-0.3, -0.25) is 9.69 Å². The summed E-state index contributed by atoms with van der Waals surface area (Å²) in [6.07, 6.45) is -3.23. The van der Waals surface area contributed by atoms with Crippen LogP contribution in [-0.4, -0.2) is 64.1 Å². The van der Waals surface area contributed by atoms with E-state index >= 15 is 0 Å². The molecule has 0 bridgehead atoms. The standard InChI is InChI=1S/C22H27ClN2O5/c1-2-30-16-6-3-13(4-7-16)9-15-10-14(5-8-17(15)23)20-22(29)21(28)18(26)11-25(20)12-19(24)27/h3-8,10,18,20-22,26,28-29H,2,9,11-12H2,1H3,(H2,24,27)/t18-,20-,21-,22-/m1/s1. The number of benzene rings is 2. The van der Waals surface area contributed by atoms with E-state index in [1.165, 1.54) is 0 Å². The van der Waals surface area contributed by atoms with E-state index in [0.717, 1.165) is 16.9 Å². The Labute approximate surface area is 180 Å². The summed E-state index contributed by atoms with van der Waals surface area (Å²) in [5.74, 6) is 0.209. The van der Waals surface area contributed by atoms with Gasteiger partial charge < -0.3 is 25.8 Å². The van der Waals surface area contributed by atoms with E-state index in [4.69, 9.17) is 22.1 Å². The monoisotopic (exact) mass is 434 g/mol. The number of rotatable bonds is 7. The fourth-order valence-electron chi connectivity index (χ4n) is 3.87. The summed E-state index contributed by atoms with van der Waals surface area (Å²) < 4.78 is 5.47. The Morgan fingerprint density at radius 3 is 2.50 bits per heavy atom. The molecule has 0 radical (unpaired) electrons. The predicted molar refractivity (Wildman–Crippen MR) is 113 cm³/mol. The van der Waals surface area contributed by atoms with Crippen molar-refractivity contribution in [3.05, 3.63) is 64.2 Å². The maximum atomic E-state index is 11.5. The Kier molecular flexibility index (Phi) is 7.33. The van der Waals surface area contributed by atoms with Gasteiger partial charge in [-0.05, 0) is 48.2 Å². The number of amides is 1. The highest BCUT2D eigenvalue weighted by Crippen LogP contribution is 2.34. The lowest BCUT2D eigenvalue weighted by Gasteiger charge is -2.43. The largest absolute Gasteiger partial charge is 0.494 e. The number of nitrogens with zero attached hydrogens (tertiary/aromatic N) is 1. The highest BCUT2D eigenvalue weighted by atomic mass is 35.5. The van der Waals surface area contributed by atoms with Crippen LogP contribution in [-0.2, 0) is 11.2 Å². The molecule has 0 aromatic heterocycles. The number of likely N-dealkylation sites (tertiary alicyclic amines) is 1. The number of piperidine rings is 1. The van der Waals surface area contributed by atoms with E-state index in [1.807, 2.05) is 37.3 Å². The summed E-state index contributed by atoms with van der Waals surface area (Å²) >= 11 is 6.41. The van der Waals surface area contributed by atoms with Crippen LogP contribution in [0.15, 0.2) is 42.5 Å². The van der Waals surface area contributed by atoms with Gasteiger partial charge in [-0.1, -0.05) is 35.9 Å². The topological polar surface area (TPSA) is 116 Å². The van der Waals surface area contributed by atoms with E-state index in [0.29, 0.717) is 23.6 Å².